The van der Waals surface area contributed by atoms with E-state index in [1.165, 1.54) is 20.9 Å². The first-order valence-corrected chi connectivity index (χ1v) is 9.63. The summed E-state index contributed by atoms with van der Waals surface area (Å²) >= 11 is 5.52. The Labute approximate surface area is 168 Å². The molecule has 2 aromatic carbocycles. The summed E-state index contributed by atoms with van der Waals surface area (Å²) in [6.45, 7) is 2.10. The highest BCUT2D eigenvalue weighted by molar-refractivity contribution is 9.10. The summed E-state index contributed by atoms with van der Waals surface area (Å²) in [5, 5.41) is 0. The van der Waals surface area contributed by atoms with E-state index in [1.54, 1.807) is 26.0 Å². The van der Waals surface area contributed by atoms with E-state index in [1.807, 2.05) is 6.07 Å². The molecule has 1 heterocycles. The van der Waals surface area contributed by atoms with Crippen LogP contribution in [-0.4, -0.2) is 39.3 Å². The summed E-state index contributed by atoms with van der Waals surface area (Å²) in [6, 6.07) is 10.4. The Hall–Kier alpha value is -0.880. The van der Waals surface area contributed by atoms with Crippen molar-refractivity contribution in [1.82, 2.24) is 4.90 Å². The average Bonchev–Trinajstić information content (AvgIpc) is 2.80. The van der Waals surface area contributed by atoms with Crippen LogP contribution in [0.3, 0.4) is 0 Å². The number of ether oxygens (including phenoxy) is 2. The van der Waals surface area contributed by atoms with E-state index in [0.29, 0.717) is 0 Å². The topological polar surface area (TPSA) is 21.7 Å². The lowest BCUT2D eigenvalue weighted by Crippen LogP contribution is -2.20. The second-order valence-corrected chi connectivity index (χ2v) is 7.76. The fraction of sp³-hybridized carbons (Fsp3) is 0.368. The molecule has 2 aromatic rings. The van der Waals surface area contributed by atoms with Gasteiger partial charge in [-0.15, -0.1) is 12.4 Å². The molecule has 0 saturated carbocycles. The molecular formula is C19H23BrClNO2S. The molecule has 0 aliphatic carbocycles. The summed E-state index contributed by atoms with van der Waals surface area (Å²) in [5.41, 5.74) is 2.72. The van der Waals surface area contributed by atoms with E-state index in [9.17, 15) is 0 Å². The number of rotatable bonds is 4. The molecule has 0 spiro atoms. The molecule has 0 atom stereocenters. The smallest absolute Gasteiger partial charge is 0.176 e. The van der Waals surface area contributed by atoms with Crippen LogP contribution in [-0.2, 0) is 12.8 Å². The average molecular weight is 445 g/mol. The summed E-state index contributed by atoms with van der Waals surface area (Å²) in [6.07, 6.45) is 2.02. The van der Waals surface area contributed by atoms with Gasteiger partial charge in [0.25, 0.3) is 0 Å². The molecule has 3 rings (SSSR count). The van der Waals surface area contributed by atoms with Crippen molar-refractivity contribution in [2.75, 3.05) is 34.4 Å². The summed E-state index contributed by atoms with van der Waals surface area (Å²) in [5.74, 6) is 1.61. The molecule has 0 N–H and O–H groups in total. The lowest BCUT2D eigenvalue weighted by molar-refractivity contribution is 0.344. The summed E-state index contributed by atoms with van der Waals surface area (Å²) in [7, 11) is 5.60. The third-order valence-corrected chi connectivity index (χ3v) is 6.36. The molecule has 1 aliphatic rings. The normalized spacial score (nSPS) is 14.2. The van der Waals surface area contributed by atoms with E-state index >= 15 is 0 Å². The Kier molecular flexibility index (Phi) is 7.50. The maximum Gasteiger partial charge on any atom is 0.176 e. The van der Waals surface area contributed by atoms with Gasteiger partial charge < -0.3 is 14.4 Å². The Morgan fingerprint density at radius 3 is 2.16 bits per heavy atom. The lowest BCUT2D eigenvalue weighted by Gasteiger charge is -2.21. The van der Waals surface area contributed by atoms with Crippen molar-refractivity contribution in [3.05, 3.63) is 45.9 Å². The van der Waals surface area contributed by atoms with Gasteiger partial charge in [0.05, 0.1) is 23.6 Å². The van der Waals surface area contributed by atoms with Gasteiger partial charge in [-0.2, -0.15) is 0 Å². The highest BCUT2D eigenvalue weighted by Crippen LogP contribution is 2.50. The van der Waals surface area contributed by atoms with Crippen LogP contribution in [0.15, 0.2) is 44.6 Å². The van der Waals surface area contributed by atoms with E-state index in [0.717, 1.165) is 41.9 Å². The number of halogens is 2. The number of nitrogens with zero attached hydrogens (tertiary/aromatic N) is 1. The first kappa shape index (κ1) is 20.4. The van der Waals surface area contributed by atoms with Gasteiger partial charge in [0.2, 0.25) is 0 Å². The van der Waals surface area contributed by atoms with Crippen LogP contribution in [0.25, 0.3) is 0 Å². The molecule has 1 aliphatic heterocycles. The molecule has 0 radical (unpaired) electrons. The van der Waals surface area contributed by atoms with Crippen molar-refractivity contribution in [1.29, 1.82) is 0 Å². The van der Waals surface area contributed by atoms with Gasteiger partial charge in [0.15, 0.2) is 11.5 Å². The van der Waals surface area contributed by atoms with Crippen LogP contribution in [0, 0.1) is 0 Å². The van der Waals surface area contributed by atoms with Crippen molar-refractivity contribution < 1.29 is 9.47 Å². The fourth-order valence-electron chi connectivity index (χ4n) is 3.07. The minimum atomic E-state index is 0. The molecule has 0 aromatic heterocycles. The van der Waals surface area contributed by atoms with Gasteiger partial charge >= 0.3 is 0 Å². The minimum absolute atomic E-state index is 0. The Bertz CT molecular complexity index is 727. The van der Waals surface area contributed by atoms with E-state index in [2.05, 4.69) is 52.1 Å². The van der Waals surface area contributed by atoms with Gasteiger partial charge in [-0.1, -0.05) is 30.0 Å². The molecule has 3 nitrogen and oxygen atoms in total. The van der Waals surface area contributed by atoms with Gasteiger partial charge in [0.1, 0.15) is 0 Å². The van der Waals surface area contributed by atoms with Gasteiger partial charge in [-0.3, -0.25) is 0 Å². The van der Waals surface area contributed by atoms with Crippen LogP contribution in [0.1, 0.15) is 11.1 Å². The second-order valence-electron chi connectivity index (χ2n) is 5.89. The number of hydrogen-bond donors (Lipinski definition) is 0. The van der Waals surface area contributed by atoms with Crippen molar-refractivity contribution in [2.24, 2.45) is 0 Å². The number of hydrogen-bond acceptors (Lipinski definition) is 4. The number of benzene rings is 2. The molecule has 6 heteroatoms. The van der Waals surface area contributed by atoms with Crippen LogP contribution in [0.2, 0.25) is 0 Å². The Balaban J connectivity index is 0.00000225. The zero-order valence-corrected chi connectivity index (χ0v) is 17.9. The molecular weight excluding hydrogens is 422 g/mol. The summed E-state index contributed by atoms with van der Waals surface area (Å²) in [4.78, 5) is 4.76. The lowest BCUT2D eigenvalue weighted by atomic mass is 10.0. The molecule has 0 fully saturated rings. The van der Waals surface area contributed by atoms with Crippen LogP contribution >= 0.6 is 40.1 Å². The van der Waals surface area contributed by atoms with Crippen molar-refractivity contribution >= 4 is 40.1 Å². The number of fused-ring (bicyclic) bond motifs is 1. The Morgan fingerprint density at radius 2 is 1.56 bits per heavy atom. The van der Waals surface area contributed by atoms with Crippen LogP contribution < -0.4 is 9.47 Å². The maximum absolute atomic E-state index is 5.76. The second kappa shape index (κ2) is 9.17. The van der Waals surface area contributed by atoms with Gasteiger partial charge in [-0.05, 0) is 59.1 Å². The Morgan fingerprint density at radius 1 is 0.960 bits per heavy atom. The zero-order chi connectivity index (χ0) is 17.1. The highest BCUT2D eigenvalue weighted by Gasteiger charge is 2.26. The molecule has 0 bridgehead atoms. The monoisotopic (exact) mass is 443 g/mol. The fourth-order valence-corrected chi connectivity index (χ4v) is 5.00. The maximum atomic E-state index is 5.76. The zero-order valence-electron chi connectivity index (χ0n) is 14.7. The molecule has 0 saturated heterocycles. The van der Waals surface area contributed by atoms with E-state index < -0.39 is 0 Å². The largest absolute Gasteiger partial charge is 0.492 e. The SMILES string of the molecule is COc1c(Br)c2c(c(Sc3ccccc3)c1OC)CCN(C)CC2.Cl. The minimum Gasteiger partial charge on any atom is -0.492 e. The molecule has 136 valence electrons. The highest BCUT2D eigenvalue weighted by atomic mass is 79.9. The van der Waals surface area contributed by atoms with Crippen molar-refractivity contribution in [3.8, 4) is 11.5 Å². The van der Waals surface area contributed by atoms with Crippen molar-refractivity contribution in [2.45, 2.75) is 22.6 Å². The number of likely N-dealkylation sites (N-methyl/N-ethyl adjacent to an activating group) is 1. The molecule has 0 amide bonds. The summed E-state index contributed by atoms with van der Waals surface area (Å²) < 4.78 is 12.5. The van der Waals surface area contributed by atoms with E-state index in [4.69, 9.17) is 9.47 Å². The van der Waals surface area contributed by atoms with Gasteiger partial charge in [-0.25, -0.2) is 0 Å². The first-order chi connectivity index (χ1) is 11.7. The van der Waals surface area contributed by atoms with E-state index in [-0.39, 0.29) is 12.4 Å². The quantitative estimate of drug-likeness (QED) is 0.656. The molecule has 0 unspecified atom stereocenters. The third-order valence-electron chi connectivity index (χ3n) is 4.37. The van der Waals surface area contributed by atoms with Crippen molar-refractivity contribution in [3.63, 3.8) is 0 Å². The first-order valence-electron chi connectivity index (χ1n) is 8.02. The standard InChI is InChI=1S/C19H22BrNO2S.ClH/c1-21-11-9-14-15(10-12-21)19(24-13-7-5-4-6-8-13)18(23-3)17(22-2)16(14)20;/h4-8H,9-12H2,1-3H3;1H. The van der Waals surface area contributed by atoms with Crippen LogP contribution in [0.4, 0.5) is 0 Å². The van der Waals surface area contributed by atoms with Gasteiger partial charge in [0, 0.05) is 18.0 Å². The predicted molar refractivity (Wildman–Crippen MR) is 110 cm³/mol. The molecule has 25 heavy (non-hydrogen) atoms. The number of methoxy groups -OCH3 is 2. The predicted octanol–water partition coefficient (Wildman–Crippen LogP) is 5.07. The third kappa shape index (κ3) is 4.27. The van der Waals surface area contributed by atoms with Crippen LogP contribution in [0.5, 0.6) is 11.5 Å².